The van der Waals surface area contributed by atoms with Gasteiger partial charge < -0.3 is 28.8 Å². The fourth-order valence-electron chi connectivity index (χ4n) is 4.94. The fraction of sp³-hybridized carbons (Fsp3) is 0.241. The van der Waals surface area contributed by atoms with E-state index < -0.39 is 87.9 Å². The topological polar surface area (TPSA) is 137 Å². The van der Waals surface area contributed by atoms with Gasteiger partial charge in [0.1, 0.15) is 12.3 Å². The normalized spacial score (nSPS) is 19.8. The first-order chi connectivity index (χ1) is 21.2. The number of rotatable bonds is 4. The summed E-state index contributed by atoms with van der Waals surface area (Å²) in [5, 5.41) is 16.6. The summed E-state index contributed by atoms with van der Waals surface area (Å²) >= 11 is 0. The van der Waals surface area contributed by atoms with Gasteiger partial charge in [-0.25, -0.2) is 35.9 Å². The van der Waals surface area contributed by atoms with Gasteiger partial charge in [0, 0.05) is 18.4 Å². The Morgan fingerprint density at radius 3 is 1.62 bits per heavy atom. The van der Waals surface area contributed by atoms with Crippen LogP contribution in [0.15, 0.2) is 34.1 Å². The molecule has 2 aliphatic rings. The van der Waals surface area contributed by atoms with Crippen LogP contribution in [0.25, 0.3) is 21.8 Å². The first-order valence-corrected chi connectivity index (χ1v) is 12.8. The zero-order chi connectivity index (χ0) is 33.1. The number of hydrogen-bond acceptors (Lipinski definition) is 6. The molecular weight excluding hydrogens is 618 g/mol. The van der Waals surface area contributed by atoms with Crippen molar-refractivity contribution in [1.82, 2.24) is 9.13 Å². The van der Waals surface area contributed by atoms with Gasteiger partial charge in [-0.15, -0.1) is 6.42 Å². The highest BCUT2D eigenvalue weighted by molar-refractivity contribution is 5.87. The Hall–Kier alpha value is -5.46. The van der Waals surface area contributed by atoms with Crippen molar-refractivity contribution in [1.29, 1.82) is 0 Å². The molecule has 45 heavy (non-hydrogen) atoms. The molecule has 4 aromatic rings. The van der Waals surface area contributed by atoms with Gasteiger partial charge in [0.05, 0.1) is 51.8 Å². The first kappa shape index (κ1) is 31.0. The van der Waals surface area contributed by atoms with Crippen LogP contribution in [0.1, 0.15) is 36.1 Å². The monoisotopic (exact) mass is 636 g/mol. The predicted molar refractivity (Wildman–Crippen MR) is 143 cm³/mol. The van der Waals surface area contributed by atoms with E-state index in [4.69, 9.17) is 16.6 Å². The molecule has 2 fully saturated rings. The largest absolute Gasteiger partial charge is 0.511 e. The minimum Gasteiger partial charge on any atom is -0.449 e. The molecule has 2 saturated carbocycles. The van der Waals surface area contributed by atoms with E-state index in [1.165, 1.54) is 11.5 Å². The molecule has 4 atom stereocenters. The summed E-state index contributed by atoms with van der Waals surface area (Å²) in [6.07, 6.45) is 1.42. The summed E-state index contributed by atoms with van der Waals surface area (Å²) in [6, 6.07) is -0.163. The number of pyridine rings is 2. The number of halogens is 6. The maximum absolute atomic E-state index is 13.9. The van der Waals surface area contributed by atoms with Gasteiger partial charge in [0.15, 0.2) is 34.8 Å². The Morgan fingerprint density at radius 1 is 0.822 bits per heavy atom. The lowest BCUT2D eigenvalue weighted by molar-refractivity contribution is 0.142. The molecule has 2 heterocycles. The van der Waals surface area contributed by atoms with E-state index in [0.29, 0.717) is 12.1 Å². The molecule has 6 rings (SSSR count). The number of carbonyl (C=O) groups is 2. The Bertz CT molecular complexity index is 2100. The highest BCUT2D eigenvalue weighted by Gasteiger charge is 2.41. The van der Waals surface area contributed by atoms with Crippen LogP contribution < -0.4 is 20.3 Å². The number of benzene rings is 2. The lowest BCUT2D eigenvalue weighted by Crippen LogP contribution is -2.18. The molecule has 234 valence electrons. The van der Waals surface area contributed by atoms with E-state index in [1.807, 2.05) is 5.92 Å². The highest BCUT2D eigenvalue weighted by Crippen LogP contribution is 2.43. The minimum absolute atomic E-state index is 0.0341. The average molecular weight is 636 g/mol. The zero-order valence-corrected chi connectivity index (χ0v) is 22.6. The van der Waals surface area contributed by atoms with E-state index in [2.05, 4.69) is 9.47 Å². The second kappa shape index (κ2) is 11.2. The Morgan fingerprint density at radius 2 is 1.22 bits per heavy atom. The summed E-state index contributed by atoms with van der Waals surface area (Å²) in [4.78, 5) is 45.7. The SMILES string of the molecule is C#Cc1c(F)c(F)cc2c(=O)c(OC(=O)O)cn([C@@H]3C[C@@H]3F)c12.Cc1c(F)c(F)cc2c(=O)c(OC(=O)O)cn([C@@H]3C[C@@H]3F)c12. The second-order valence-electron chi connectivity index (χ2n) is 10.1. The number of alkyl halides is 2. The molecule has 0 bridgehead atoms. The lowest BCUT2D eigenvalue weighted by Gasteiger charge is -2.14. The van der Waals surface area contributed by atoms with Crippen molar-refractivity contribution in [2.45, 2.75) is 44.2 Å². The summed E-state index contributed by atoms with van der Waals surface area (Å²) in [5.74, 6) is -4.35. The Kier molecular flexibility index (Phi) is 7.73. The van der Waals surface area contributed by atoms with Crippen LogP contribution in [-0.4, -0.2) is 44.0 Å². The average Bonchev–Trinajstić information content (AvgIpc) is 3.89. The third-order valence-electron chi connectivity index (χ3n) is 7.19. The van der Waals surface area contributed by atoms with E-state index >= 15 is 0 Å². The van der Waals surface area contributed by atoms with Gasteiger partial charge in [-0.2, -0.15) is 0 Å². The molecule has 2 aliphatic carbocycles. The molecule has 2 aromatic heterocycles. The van der Waals surface area contributed by atoms with Gasteiger partial charge in [-0.05, 0) is 19.1 Å². The van der Waals surface area contributed by atoms with Crippen LogP contribution in [0.3, 0.4) is 0 Å². The second-order valence-corrected chi connectivity index (χ2v) is 10.1. The fourth-order valence-corrected chi connectivity index (χ4v) is 4.94. The Balaban J connectivity index is 0.000000178. The van der Waals surface area contributed by atoms with Crippen LogP contribution in [-0.2, 0) is 0 Å². The highest BCUT2D eigenvalue weighted by atomic mass is 19.2. The molecule has 0 spiro atoms. The summed E-state index contributed by atoms with van der Waals surface area (Å²) in [5.41, 5.74) is -2.69. The van der Waals surface area contributed by atoms with Crippen molar-refractivity contribution in [3.8, 4) is 23.8 Å². The summed E-state index contributed by atoms with van der Waals surface area (Å²) in [6.45, 7) is 1.27. The standard InChI is InChI=1S/C15H8F3NO4.C14H10F3NO4/c1-2-6-12(18)9(17)3-7-13(6)19(10-4-8(10)16)5-11(14(7)20)23-15(21)22;1-5-11(17)8(16)2-6-12(5)18(9-3-7(9)15)4-10(13(6)19)22-14(20)21/h1,3,5,8,10H,4H2,(H,21,22);2,4,7,9H,3H2,1H3,(H,20,21)/t8-,10+;7-,9+/m00/s1. The Labute approximate surface area is 246 Å². The lowest BCUT2D eigenvalue weighted by atomic mass is 10.1. The smallest absolute Gasteiger partial charge is 0.449 e. The van der Waals surface area contributed by atoms with Crippen molar-refractivity contribution in [3.05, 3.63) is 79.4 Å². The molecule has 10 nitrogen and oxygen atoms in total. The van der Waals surface area contributed by atoms with Gasteiger partial charge in [0.2, 0.25) is 10.9 Å². The van der Waals surface area contributed by atoms with Gasteiger partial charge in [-0.1, -0.05) is 5.92 Å². The number of nitrogens with zero attached hydrogens (tertiary/aromatic N) is 2. The van der Waals surface area contributed by atoms with Crippen molar-refractivity contribution in [2.75, 3.05) is 0 Å². The quantitative estimate of drug-likeness (QED) is 0.170. The van der Waals surface area contributed by atoms with E-state index in [-0.39, 0.29) is 40.2 Å². The summed E-state index contributed by atoms with van der Waals surface area (Å²) < 4.78 is 92.7. The molecule has 2 N–H and O–H groups in total. The molecule has 0 amide bonds. The van der Waals surface area contributed by atoms with Crippen LogP contribution >= 0.6 is 0 Å². The zero-order valence-electron chi connectivity index (χ0n) is 22.6. The number of aryl methyl sites for hydroxylation is 1. The maximum Gasteiger partial charge on any atom is 0.511 e. The predicted octanol–water partition coefficient (Wildman–Crippen LogP) is 5.53. The molecule has 0 aliphatic heterocycles. The van der Waals surface area contributed by atoms with Crippen LogP contribution in [0.4, 0.5) is 35.9 Å². The van der Waals surface area contributed by atoms with Crippen LogP contribution in [0.5, 0.6) is 11.5 Å². The molecule has 0 saturated heterocycles. The van der Waals surface area contributed by atoms with E-state index in [9.17, 15) is 45.5 Å². The number of terminal acetylenes is 1. The molecule has 16 heteroatoms. The van der Waals surface area contributed by atoms with E-state index in [0.717, 1.165) is 17.0 Å². The maximum atomic E-state index is 13.9. The number of hydrogen-bond donors (Lipinski definition) is 2. The number of aromatic nitrogens is 2. The first-order valence-electron chi connectivity index (χ1n) is 12.8. The third kappa shape index (κ3) is 5.52. The van der Waals surface area contributed by atoms with Crippen LogP contribution in [0, 0.1) is 42.5 Å². The van der Waals surface area contributed by atoms with Crippen molar-refractivity contribution in [2.24, 2.45) is 0 Å². The molecule has 2 aromatic carbocycles. The van der Waals surface area contributed by atoms with Gasteiger partial charge in [-0.3, -0.25) is 9.59 Å². The van der Waals surface area contributed by atoms with E-state index in [1.54, 1.807) is 0 Å². The number of carboxylic acid groups (broad SMARTS) is 2. The number of fused-ring (bicyclic) bond motifs is 2. The van der Waals surface area contributed by atoms with Crippen LogP contribution in [0.2, 0.25) is 0 Å². The van der Waals surface area contributed by atoms with Gasteiger partial charge >= 0.3 is 12.3 Å². The van der Waals surface area contributed by atoms with Crippen molar-refractivity contribution in [3.63, 3.8) is 0 Å². The van der Waals surface area contributed by atoms with Crippen molar-refractivity contribution >= 4 is 34.1 Å². The molecule has 0 unspecified atom stereocenters. The minimum atomic E-state index is -1.76. The molecular formula is C29H18F6N2O8. The van der Waals surface area contributed by atoms with Gasteiger partial charge in [0.25, 0.3) is 0 Å². The van der Waals surface area contributed by atoms with Crippen molar-refractivity contribution < 1.29 is 55.6 Å². The number of ether oxygens (including phenoxy) is 2. The third-order valence-corrected chi connectivity index (χ3v) is 7.19. The molecule has 0 radical (unpaired) electrons. The summed E-state index contributed by atoms with van der Waals surface area (Å²) in [7, 11) is 0.